The number of aromatic nitrogens is 1. The van der Waals surface area contributed by atoms with E-state index in [0.717, 1.165) is 34.9 Å². The van der Waals surface area contributed by atoms with Crippen LogP contribution < -0.4 is 10.2 Å². The van der Waals surface area contributed by atoms with Gasteiger partial charge in [-0.2, -0.15) is 0 Å². The molecule has 0 spiro atoms. The van der Waals surface area contributed by atoms with Gasteiger partial charge < -0.3 is 15.0 Å². The Kier molecular flexibility index (Phi) is 4.71. The molecule has 6 nitrogen and oxygen atoms in total. The number of ether oxygens (including phenoxy) is 1. The maximum atomic E-state index is 13.3. The minimum atomic E-state index is -0.0380. The highest BCUT2D eigenvalue weighted by Gasteiger charge is 2.32. The summed E-state index contributed by atoms with van der Waals surface area (Å²) in [6.45, 7) is 3.06. The Labute approximate surface area is 174 Å². The minimum absolute atomic E-state index is 0.0151. The van der Waals surface area contributed by atoms with Crippen LogP contribution in [-0.2, 0) is 9.53 Å². The van der Waals surface area contributed by atoms with Gasteiger partial charge in [-0.3, -0.25) is 9.59 Å². The molecule has 1 saturated heterocycles. The van der Waals surface area contributed by atoms with Crippen molar-refractivity contribution in [3.05, 3.63) is 65.9 Å². The van der Waals surface area contributed by atoms with Crippen LogP contribution >= 0.6 is 0 Å². The van der Waals surface area contributed by atoms with Crippen LogP contribution in [0.4, 0.5) is 11.5 Å². The van der Waals surface area contributed by atoms with E-state index in [1.54, 1.807) is 6.20 Å². The third kappa shape index (κ3) is 3.66. The molecule has 0 unspecified atom stereocenters. The fraction of sp³-hybridized carbons (Fsp3) is 0.292. The average molecular weight is 401 g/mol. The van der Waals surface area contributed by atoms with Crippen molar-refractivity contribution in [2.24, 2.45) is 5.92 Å². The number of amides is 2. The predicted octanol–water partition coefficient (Wildman–Crippen LogP) is 3.94. The molecule has 1 N–H and O–H groups in total. The number of anilines is 2. The number of hydrogen-bond donors (Lipinski definition) is 1. The molecule has 6 heteroatoms. The molecule has 1 aromatic heterocycles. The smallest absolute Gasteiger partial charge is 0.258 e. The summed E-state index contributed by atoms with van der Waals surface area (Å²) in [6, 6.07) is 15.4. The lowest BCUT2D eigenvalue weighted by molar-refractivity contribution is -0.117. The van der Waals surface area contributed by atoms with Gasteiger partial charge >= 0.3 is 0 Å². The van der Waals surface area contributed by atoms with E-state index in [4.69, 9.17) is 4.74 Å². The predicted molar refractivity (Wildman–Crippen MR) is 116 cm³/mol. The fourth-order valence-corrected chi connectivity index (χ4v) is 3.62. The fourth-order valence-electron chi connectivity index (χ4n) is 3.62. The highest BCUT2D eigenvalue weighted by molar-refractivity contribution is 6.07. The van der Waals surface area contributed by atoms with E-state index in [1.807, 2.05) is 60.4 Å². The van der Waals surface area contributed by atoms with Gasteiger partial charge in [0.1, 0.15) is 5.82 Å². The van der Waals surface area contributed by atoms with Gasteiger partial charge in [0.2, 0.25) is 5.91 Å². The molecule has 1 aliphatic carbocycles. The van der Waals surface area contributed by atoms with E-state index < -0.39 is 0 Å². The Morgan fingerprint density at radius 3 is 2.47 bits per heavy atom. The standard InChI is InChI=1S/C24H23N3O3/c1-15-2-4-17(5-3-15)24(29)27(21-13-30-14-21)20-9-8-18-11-22(25-12-19(18)10-20)26-23(28)16-6-7-16/h2-5,8-12,16,21H,6-7,13-14H2,1H3,(H,25,26,28). The van der Waals surface area contributed by atoms with Crippen LogP contribution in [0.3, 0.4) is 0 Å². The summed E-state index contributed by atoms with van der Waals surface area (Å²) >= 11 is 0. The summed E-state index contributed by atoms with van der Waals surface area (Å²) in [5.74, 6) is 0.699. The van der Waals surface area contributed by atoms with Crippen molar-refractivity contribution >= 4 is 34.1 Å². The molecule has 0 bridgehead atoms. The molecule has 2 amide bonds. The van der Waals surface area contributed by atoms with Crippen molar-refractivity contribution in [3.63, 3.8) is 0 Å². The van der Waals surface area contributed by atoms with Crippen LogP contribution in [-0.4, -0.2) is 36.1 Å². The van der Waals surface area contributed by atoms with E-state index in [-0.39, 0.29) is 23.8 Å². The van der Waals surface area contributed by atoms with Crippen LogP contribution in [0.2, 0.25) is 0 Å². The number of carbonyl (C=O) groups excluding carboxylic acids is 2. The molecule has 2 heterocycles. The SMILES string of the molecule is Cc1ccc(C(=O)N(c2ccc3cc(NC(=O)C4CC4)ncc3c2)C2COC2)cc1. The third-order valence-electron chi connectivity index (χ3n) is 5.69. The Hall–Kier alpha value is -3.25. The minimum Gasteiger partial charge on any atom is -0.377 e. The maximum absolute atomic E-state index is 13.3. The first-order chi connectivity index (χ1) is 14.6. The molecule has 152 valence electrons. The second kappa shape index (κ2) is 7.54. The number of fused-ring (bicyclic) bond motifs is 1. The molecular formula is C24H23N3O3. The van der Waals surface area contributed by atoms with Crippen LogP contribution in [0, 0.1) is 12.8 Å². The van der Waals surface area contributed by atoms with E-state index in [0.29, 0.717) is 24.6 Å². The van der Waals surface area contributed by atoms with Crippen molar-refractivity contribution in [2.45, 2.75) is 25.8 Å². The van der Waals surface area contributed by atoms with E-state index in [1.165, 1.54) is 0 Å². The van der Waals surface area contributed by atoms with Gasteiger partial charge in [0.15, 0.2) is 0 Å². The molecule has 2 fully saturated rings. The summed E-state index contributed by atoms with van der Waals surface area (Å²) in [5.41, 5.74) is 2.59. The molecule has 5 rings (SSSR count). The lowest BCUT2D eigenvalue weighted by atomic mass is 10.1. The Morgan fingerprint density at radius 1 is 1.03 bits per heavy atom. The molecule has 30 heavy (non-hydrogen) atoms. The lowest BCUT2D eigenvalue weighted by Crippen LogP contribution is -2.52. The highest BCUT2D eigenvalue weighted by Crippen LogP contribution is 2.31. The zero-order chi connectivity index (χ0) is 20.7. The summed E-state index contributed by atoms with van der Waals surface area (Å²) in [6.07, 6.45) is 3.66. The van der Waals surface area contributed by atoms with Crippen LogP contribution in [0.15, 0.2) is 54.7 Å². The van der Waals surface area contributed by atoms with E-state index in [9.17, 15) is 9.59 Å². The van der Waals surface area contributed by atoms with Crippen LogP contribution in [0.5, 0.6) is 0 Å². The molecular weight excluding hydrogens is 378 g/mol. The van der Waals surface area contributed by atoms with E-state index in [2.05, 4.69) is 10.3 Å². The first-order valence-electron chi connectivity index (χ1n) is 10.3. The van der Waals surface area contributed by atoms with Gasteiger partial charge in [-0.1, -0.05) is 23.8 Å². The molecule has 1 saturated carbocycles. The Morgan fingerprint density at radius 2 is 1.80 bits per heavy atom. The van der Waals surface area contributed by atoms with Gasteiger partial charge in [-0.05, 0) is 55.5 Å². The quantitative estimate of drug-likeness (QED) is 0.703. The second-order valence-electron chi connectivity index (χ2n) is 8.10. The van der Waals surface area contributed by atoms with Gasteiger partial charge in [-0.15, -0.1) is 0 Å². The van der Waals surface area contributed by atoms with Crippen molar-refractivity contribution in [1.29, 1.82) is 0 Å². The normalized spacial score (nSPS) is 16.2. The van der Waals surface area contributed by atoms with Gasteiger partial charge in [0, 0.05) is 28.8 Å². The monoisotopic (exact) mass is 401 g/mol. The number of nitrogens with zero attached hydrogens (tertiary/aromatic N) is 2. The highest BCUT2D eigenvalue weighted by atomic mass is 16.5. The number of benzene rings is 2. The van der Waals surface area contributed by atoms with Crippen molar-refractivity contribution in [2.75, 3.05) is 23.4 Å². The number of hydrogen-bond acceptors (Lipinski definition) is 4. The molecule has 2 aromatic carbocycles. The second-order valence-corrected chi connectivity index (χ2v) is 8.10. The summed E-state index contributed by atoms with van der Waals surface area (Å²) in [5, 5.41) is 4.76. The largest absolute Gasteiger partial charge is 0.377 e. The molecule has 0 radical (unpaired) electrons. The molecule has 0 atom stereocenters. The third-order valence-corrected chi connectivity index (χ3v) is 5.69. The summed E-state index contributed by atoms with van der Waals surface area (Å²) in [4.78, 5) is 31.5. The average Bonchev–Trinajstić information content (AvgIpc) is 3.56. The molecule has 2 aliphatic rings. The van der Waals surface area contributed by atoms with Crippen LogP contribution in [0.25, 0.3) is 10.8 Å². The van der Waals surface area contributed by atoms with Crippen LogP contribution in [0.1, 0.15) is 28.8 Å². The number of nitrogens with one attached hydrogen (secondary N) is 1. The maximum Gasteiger partial charge on any atom is 0.258 e. The van der Waals surface area contributed by atoms with Crippen molar-refractivity contribution in [1.82, 2.24) is 4.98 Å². The first-order valence-corrected chi connectivity index (χ1v) is 10.3. The van der Waals surface area contributed by atoms with E-state index >= 15 is 0 Å². The Bertz CT molecular complexity index is 1120. The van der Waals surface area contributed by atoms with Gasteiger partial charge in [0.05, 0.1) is 19.3 Å². The summed E-state index contributed by atoms with van der Waals surface area (Å²) in [7, 11) is 0. The zero-order valence-corrected chi connectivity index (χ0v) is 16.8. The lowest BCUT2D eigenvalue weighted by Gasteiger charge is -2.37. The van der Waals surface area contributed by atoms with Crippen molar-refractivity contribution < 1.29 is 14.3 Å². The molecule has 3 aromatic rings. The topological polar surface area (TPSA) is 71.5 Å². The number of aryl methyl sites for hydroxylation is 1. The Balaban J connectivity index is 1.44. The van der Waals surface area contributed by atoms with Gasteiger partial charge in [0.25, 0.3) is 5.91 Å². The van der Waals surface area contributed by atoms with Gasteiger partial charge in [-0.25, -0.2) is 4.98 Å². The summed E-state index contributed by atoms with van der Waals surface area (Å²) < 4.78 is 5.36. The number of rotatable bonds is 5. The van der Waals surface area contributed by atoms with Crippen molar-refractivity contribution in [3.8, 4) is 0 Å². The molecule has 1 aliphatic heterocycles. The number of carbonyl (C=O) groups is 2. The first kappa shape index (κ1) is 18.8. The number of pyridine rings is 1. The zero-order valence-electron chi connectivity index (χ0n) is 16.8.